The summed E-state index contributed by atoms with van der Waals surface area (Å²) in [5.74, 6) is 0. The van der Waals surface area contributed by atoms with Crippen molar-refractivity contribution in [1.29, 1.82) is 0 Å². The number of fused-ring (bicyclic) bond motifs is 1. The molecule has 0 aliphatic heterocycles. The second-order valence-corrected chi connectivity index (χ2v) is 5.30. The average molecular weight is 294 g/mol. The first-order valence-corrected chi connectivity index (χ1v) is 7.38. The predicted molar refractivity (Wildman–Crippen MR) is 87.5 cm³/mol. The fourth-order valence-corrected chi connectivity index (χ4v) is 2.63. The minimum atomic E-state index is -0.198. The Bertz CT molecular complexity index is 870. The molecule has 0 saturated carbocycles. The van der Waals surface area contributed by atoms with Crippen LogP contribution in [0.2, 0.25) is 0 Å². The van der Waals surface area contributed by atoms with E-state index in [-0.39, 0.29) is 12.1 Å². The number of nitrogens with zero attached hydrogens (tertiary/aromatic N) is 2. The van der Waals surface area contributed by atoms with Crippen molar-refractivity contribution in [3.8, 4) is 11.1 Å². The zero-order valence-corrected chi connectivity index (χ0v) is 12.5. The molecule has 3 N–H and O–H groups in total. The summed E-state index contributed by atoms with van der Waals surface area (Å²) >= 11 is 0. The second-order valence-electron chi connectivity index (χ2n) is 5.30. The van der Waals surface area contributed by atoms with Gasteiger partial charge in [-0.05, 0) is 35.7 Å². The van der Waals surface area contributed by atoms with Gasteiger partial charge in [-0.15, -0.1) is 0 Å². The Morgan fingerprint density at radius 2 is 2.00 bits per heavy atom. The first-order chi connectivity index (χ1) is 10.7. The van der Waals surface area contributed by atoms with Gasteiger partial charge in [0.05, 0.1) is 11.1 Å². The molecule has 2 heterocycles. The molecule has 3 rings (SSSR count). The van der Waals surface area contributed by atoms with Gasteiger partial charge in [0.25, 0.3) is 5.56 Å². The van der Waals surface area contributed by atoms with Crippen molar-refractivity contribution in [3.05, 3.63) is 58.3 Å². The topological polar surface area (TPSA) is 84.7 Å². The molecule has 0 aliphatic rings. The van der Waals surface area contributed by atoms with Gasteiger partial charge in [0.15, 0.2) is 0 Å². The number of rotatable bonds is 4. The summed E-state index contributed by atoms with van der Waals surface area (Å²) in [7, 11) is 0. The molecule has 5 heteroatoms. The highest BCUT2D eigenvalue weighted by molar-refractivity contribution is 5.88. The number of H-pyrrole nitrogens is 1. The lowest BCUT2D eigenvalue weighted by Gasteiger charge is -2.07. The lowest BCUT2D eigenvalue weighted by molar-refractivity contribution is 0.900. The number of nitrogens with one attached hydrogen (secondary N) is 1. The largest absolute Gasteiger partial charge is 0.325 e. The number of aryl methyl sites for hydroxylation is 1. The van der Waals surface area contributed by atoms with Gasteiger partial charge in [-0.1, -0.05) is 19.4 Å². The molecule has 0 saturated heterocycles. The average Bonchev–Trinajstić information content (AvgIpc) is 2.55. The van der Waals surface area contributed by atoms with Crippen LogP contribution in [-0.2, 0) is 13.0 Å². The predicted octanol–water partition coefficient (Wildman–Crippen LogP) is 2.40. The molecule has 3 aromatic rings. The summed E-state index contributed by atoms with van der Waals surface area (Å²) in [5, 5.41) is 7.91. The van der Waals surface area contributed by atoms with E-state index in [1.807, 2.05) is 30.6 Å². The van der Waals surface area contributed by atoms with Crippen molar-refractivity contribution in [2.24, 2.45) is 5.73 Å². The first-order valence-electron chi connectivity index (χ1n) is 7.38. The Balaban J connectivity index is 2.16. The van der Waals surface area contributed by atoms with E-state index in [9.17, 15) is 4.79 Å². The fourth-order valence-electron chi connectivity index (χ4n) is 2.63. The Kier molecular flexibility index (Phi) is 3.98. The number of hydrogen-bond acceptors (Lipinski definition) is 4. The van der Waals surface area contributed by atoms with Crippen molar-refractivity contribution in [1.82, 2.24) is 15.2 Å². The maximum Gasteiger partial charge on any atom is 0.272 e. The van der Waals surface area contributed by atoms with Crippen LogP contribution >= 0.6 is 0 Å². The van der Waals surface area contributed by atoms with E-state index in [1.165, 1.54) is 5.56 Å². The maximum absolute atomic E-state index is 11.9. The van der Waals surface area contributed by atoms with E-state index >= 15 is 0 Å². The molecule has 0 atom stereocenters. The van der Waals surface area contributed by atoms with Crippen molar-refractivity contribution >= 4 is 10.8 Å². The Labute approximate surface area is 128 Å². The molecule has 0 aliphatic carbocycles. The second kappa shape index (κ2) is 6.07. The maximum atomic E-state index is 11.9. The quantitative estimate of drug-likeness (QED) is 0.773. The summed E-state index contributed by atoms with van der Waals surface area (Å²) in [5.41, 5.74) is 9.48. The number of pyridine rings is 1. The lowest BCUT2D eigenvalue weighted by atomic mass is 10.0. The molecule has 0 amide bonds. The molecule has 1 aromatic carbocycles. The highest BCUT2D eigenvalue weighted by Crippen LogP contribution is 2.24. The molecule has 5 nitrogen and oxygen atoms in total. The molecule has 0 bridgehead atoms. The van der Waals surface area contributed by atoms with Crippen LogP contribution in [0.25, 0.3) is 21.9 Å². The zero-order chi connectivity index (χ0) is 15.5. The van der Waals surface area contributed by atoms with Crippen LogP contribution in [0.3, 0.4) is 0 Å². The summed E-state index contributed by atoms with van der Waals surface area (Å²) in [4.78, 5) is 16.2. The molecular weight excluding hydrogens is 276 g/mol. The number of aromatic amines is 1. The first kappa shape index (κ1) is 14.4. The molecule has 0 unspecified atom stereocenters. The SMILES string of the molecule is CCCc1cncc(-c2ccc3c(=O)[nH]nc(CN)c3c2)c1. The molecule has 2 aromatic heterocycles. The molecule has 0 spiro atoms. The van der Waals surface area contributed by atoms with Gasteiger partial charge in [-0.3, -0.25) is 9.78 Å². The van der Waals surface area contributed by atoms with Gasteiger partial charge in [0.2, 0.25) is 0 Å². The summed E-state index contributed by atoms with van der Waals surface area (Å²) < 4.78 is 0. The molecule has 0 fully saturated rings. The smallest absolute Gasteiger partial charge is 0.272 e. The Morgan fingerprint density at radius 1 is 1.14 bits per heavy atom. The van der Waals surface area contributed by atoms with Gasteiger partial charge in [-0.25, -0.2) is 5.10 Å². The van der Waals surface area contributed by atoms with Crippen LogP contribution in [0.4, 0.5) is 0 Å². The number of benzene rings is 1. The molecule has 22 heavy (non-hydrogen) atoms. The standard InChI is InChI=1S/C17H18N4O/c1-2-3-11-6-13(10-19-9-11)12-4-5-14-15(7-12)16(8-18)20-21-17(14)22/h4-7,9-10H,2-3,8,18H2,1H3,(H,21,22). The monoisotopic (exact) mass is 294 g/mol. The number of aromatic nitrogens is 3. The van der Waals surface area contributed by atoms with Crippen LogP contribution in [0, 0.1) is 0 Å². The van der Waals surface area contributed by atoms with Crippen molar-refractivity contribution in [3.63, 3.8) is 0 Å². The van der Waals surface area contributed by atoms with E-state index in [0.717, 1.165) is 29.4 Å². The minimum absolute atomic E-state index is 0.198. The fraction of sp³-hybridized carbons (Fsp3) is 0.235. The van der Waals surface area contributed by atoms with Crippen LogP contribution in [0.1, 0.15) is 24.6 Å². The van der Waals surface area contributed by atoms with Crippen LogP contribution < -0.4 is 11.3 Å². The van der Waals surface area contributed by atoms with E-state index in [0.29, 0.717) is 11.1 Å². The van der Waals surface area contributed by atoms with Crippen LogP contribution in [-0.4, -0.2) is 15.2 Å². The number of hydrogen-bond donors (Lipinski definition) is 2. The molecular formula is C17H18N4O. The lowest BCUT2D eigenvalue weighted by Crippen LogP contribution is -2.13. The summed E-state index contributed by atoms with van der Waals surface area (Å²) in [6.45, 7) is 2.43. The van der Waals surface area contributed by atoms with Gasteiger partial charge >= 0.3 is 0 Å². The molecule has 112 valence electrons. The highest BCUT2D eigenvalue weighted by Gasteiger charge is 2.08. The van der Waals surface area contributed by atoms with E-state index in [1.54, 1.807) is 0 Å². The van der Waals surface area contributed by atoms with E-state index in [2.05, 4.69) is 28.2 Å². The third-order valence-electron chi connectivity index (χ3n) is 3.73. The zero-order valence-electron chi connectivity index (χ0n) is 12.5. The van der Waals surface area contributed by atoms with Crippen molar-refractivity contribution < 1.29 is 0 Å². The minimum Gasteiger partial charge on any atom is -0.325 e. The van der Waals surface area contributed by atoms with Crippen molar-refractivity contribution in [2.75, 3.05) is 0 Å². The third-order valence-corrected chi connectivity index (χ3v) is 3.73. The Morgan fingerprint density at radius 3 is 2.77 bits per heavy atom. The van der Waals surface area contributed by atoms with Gasteiger partial charge in [0.1, 0.15) is 0 Å². The van der Waals surface area contributed by atoms with E-state index in [4.69, 9.17) is 5.73 Å². The van der Waals surface area contributed by atoms with Crippen LogP contribution in [0.15, 0.2) is 41.5 Å². The van der Waals surface area contributed by atoms with Crippen molar-refractivity contribution in [2.45, 2.75) is 26.3 Å². The van der Waals surface area contributed by atoms with Gasteiger partial charge in [-0.2, -0.15) is 5.10 Å². The number of nitrogens with two attached hydrogens (primary N) is 1. The van der Waals surface area contributed by atoms with Crippen LogP contribution in [0.5, 0.6) is 0 Å². The normalized spacial score (nSPS) is 11.0. The summed E-state index contributed by atoms with van der Waals surface area (Å²) in [6, 6.07) is 7.86. The Hall–Kier alpha value is -2.53. The van der Waals surface area contributed by atoms with Gasteiger partial charge < -0.3 is 5.73 Å². The third kappa shape index (κ3) is 2.63. The highest BCUT2D eigenvalue weighted by atomic mass is 16.1. The van der Waals surface area contributed by atoms with E-state index < -0.39 is 0 Å². The molecule has 0 radical (unpaired) electrons. The van der Waals surface area contributed by atoms with Gasteiger partial charge in [0, 0.05) is 29.9 Å². The summed E-state index contributed by atoms with van der Waals surface area (Å²) in [6.07, 6.45) is 5.82.